The van der Waals surface area contributed by atoms with E-state index in [9.17, 15) is 4.39 Å². The minimum atomic E-state index is -0.165. The Kier molecular flexibility index (Phi) is 3.39. The zero-order valence-electron chi connectivity index (χ0n) is 9.83. The lowest BCUT2D eigenvalue weighted by molar-refractivity contribution is 0.625. The van der Waals surface area contributed by atoms with Gasteiger partial charge in [0.25, 0.3) is 0 Å². The zero-order chi connectivity index (χ0) is 12.5. The van der Waals surface area contributed by atoms with Gasteiger partial charge in [0.05, 0.1) is 0 Å². The van der Waals surface area contributed by atoms with Crippen LogP contribution in [0.1, 0.15) is 16.0 Å². The Morgan fingerprint density at radius 1 is 1.33 bits per heavy atom. The van der Waals surface area contributed by atoms with E-state index in [0.717, 1.165) is 30.8 Å². The molecule has 0 spiro atoms. The smallest absolute Gasteiger partial charge is 0.123 e. The van der Waals surface area contributed by atoms with Crippen molar-refractivity contribution in [1.82, 2.24) is 0 Å². The fourth-order valence-electron chi connectivity index (χ4n) is 2.42. The molecule has 0 atom stereocenters. The fraction of sp³-hybridized carbons (Fsp3) is 0.286. The van der Waals surface area contributed by atoms with Gasteiger partial charge in [-0.1, -0.05) is 15.9 Å². The first-order chi connectivity index (χ1) is 8.78. The van der Waals surface area contributed by atoms with Crippen LogP contribution in [-0.2, 0) is 18.3 Å². The predicted octanol–water partition coefficient (Wildman–Crippen LogP) is 4.34. The third-order valence-electron chi connectivity index (χ3n) is 3.33. The molecule has 1 aliphatic rings. The maximum atomic E-state index is 13.3. The predicted molar refractivity (Wildman–Crippen MR) is 78.1 cm³/mol. The van der Waals surface area contributed by atoms with Gasteiger partial charge in [0, 0.05) is 29.0 Å². The van der Waals surface area contributed by atoms with Crippen molar-refractivity contribution in [2.24, 2.45) is 0 Å². The molecule has 0 aliphatic carbocycles. The van der Waals surface area contributed by atoms with Crippen molar-refractivity contribution in [3.63, 3.8) is 0 Å². The van der Waals surface area contributed by atoms with Gasteiger partial charge in [0.1, 0.15) is 5.82 Å². The summed E-state index contributed by atoms with van der Waals surface area (Å²) in [6, 6.07) is 7.25. The molecule has 0 unspecified atom stereocenters. The second-order valence-corrected chi connectivity index (χ2v) is 6.01. The van der Waals surface area contributed by atoms with E-state index in [-0.39, 0.29) is 5.82 Å². The van der Waals surface area contributed by atoms with Crippen LogP contribution in [0, 0.1) is 5.82 Å². The van der Waals surface area contributed by atoms with Crippen molar-refractivity contribution in [1.29, 1.82) is 0 Å². The van der Waals surface area contributed by atoms with E-state index in [1.54, 1.807) is 12.1 Å². The van der Waals surface area contributed by atoms with Gasteiger partial charge in [-0.25, -0.2) is 4.39 Å². The number of hydrogen-bond acceptors (Lipinski definition) is 2. The lowest BCUT2D eigenvalue weighted by Gasteiger charge is -2.30. The van der Waals surface area contributed by atoms with Gasteiger partial charge in [-0.15, -0.1) is 11.3 Å². The molecule has 18 heavy (non-hydrogen) atoms. The molecule has 3 rings (SSSR count). The molecule has 2 heterocycles. The zero-order valence-corrected chi connectivity index (χ0v) is 12.2. The summed E-state index contributed by atoms with van der Waals surface area (Å²) in [5.41, 5.74) is 3.58. The van der Waals surface area contributed by atoms with Crippen LogP contribution in [0.4, 0.5) is 10.1 Å². The molecule has 0 fully saturated rings. The highest BCUT2D eigenvalue weighted by Gasteiger charge is 2.19. The molecule has 1 aromatic heterocycles. The summed E-state index contributed by atoms with van der Waals surface area (Å²) < 4.78 is 13.3. The molecule has 2 aromatic rings. The average Bonchev–Trinajstić information content (AvgIpc) is 2.85. The van der Waals surface area contributed by atoms with Crippen molar-refractivity contribution in [3.05, 3.63) is 51.5 Å². The van der Waals surface area contributed by atoms with Gasteiger partial charge in [0.15, 0.2) is 0 Å². The van der Waals surface area contributed by atoms with Gasteiger partial charge in [-0.3, -0.25) is 0 Å². The van der Waals surface area contributed by atoms with E-state index in [2.05, 4.69) is 32.3 Å². The van der Waals surface area contributed by atoms with Gasteiger partial charge in [-0.05, 0) is 47.2 Å². The largest absolute Gasteiger partial charge is 0.367 e. The van der Waals surface area contributed by atoms with Crippen LogP contribution in [0.3, 0.4) is 0 Å². The molecule has 0 saturated heterocycles. The quantitative estimate of drug-likeness (QED) is 0.742. The first kappa shape index (κ1) is 12.2. The number of nitrogens with zero attached hydrogens (tertiary/aromatic N) is 1. The molecule has 0 amide bonds. The van der Waals surface area contributed by atoms with Crippen molar-refractivity contribution < 1.29 is 4.39 Å². The van der Waals surface area contributed by atoms with Gasteiger partial charge < -0.3 is 4.90 Å². The van der Waals surface area contributed by atoms with E-state index in [0.29, 0.717) is 5.33 Å². The molecule has 0 saturated carbocycles. The van der Waals surface area contributed by atoms with Gasteiger partial charge >= 0.3 is 0 Å². The lowest BCUT2D eigenvalue weighted by Crippen LogP contribution is -2.30. The number of halogens is 2. The Hall–Kier alpha value is -0.870. The van der Waals surface area contributed by atoms with Gasteiger partial charge in [0.2, 0.25) is 0 Å². The van der Waals surface area contributed by atoms with E-state index in [4.69, 9.17) is 0 Å². The minimum Gasteiger partial charge on any atom is -0.367 e. The molecule has 4 heteroatoms. The third-order valence-corrected chi connectivity index (χ3v) is 4.96. The first-order valence-electron chi connectivity index (χ1n) is 5.92. The number of hydrogen-bond donors (Lipinski definition) is 0. The Morgan fingerprint density at radius 3 is 3.06 bits per heavy atom. The molecule has 1 aliphatic heterocycles. The van der Waals surface area contributed by atoms with Crippen molar-refractivity contribution in [3.8, 4) is 0 Å². The van der Waals surface area contributed by atoms with Crippen LogP contribution in [0.25, 0.3) is 0 Å². The number of benzene rings is 1. The number of anilines is 1. The second-order valence-electron chi connectivity index (χ2n) is 4.45. The number of fused-ring (bicyclic) bond motifs is 1. The summed E-state index contributed by atoms with van der Waals surface area (Å²) in [5, 5.41) is 2.84. The van der Waals surface area contributed by atoms with E-state index in [1.807, 2.05) is 17.4 Å². The standard InChI is InChI=1S/C14H13BrFNS/c15-8-11-7-12(16)1-2-13(11)17-5-3-14-10(9-17)4-6-18-14/h1-2,4,6-7H,3,5,8-9H2. The summed E-state index contributed by atoms with van der Waals surface area (Å²) in [5.74, 6) is -0.165. The number of thiophene rings is 1. The summed E-state index contributed by atoms with van der Waals surface area (Å²) in [6.07, 6.45) is 1.09. The van der Waals surface area contributed by atoms with Crippen LogP contribution < -0.4 is 4.90 Å². The monoisotopic (exact) mass is 325 g/mol. The highest BCUT2D eigenvalue weighted by molar-refractivity contribution is 9.08. The summed E-state index contributed by atoms with van der Waals surface area (Å²) in [7, 11) is 0. The average molecular weight is 326 g/mol. The number of rotatable bonds is 2. The summed E-state index contributed by atoms with van der Waals surface area (Å²) in [4.78, 5) is 3.83. The number of alkyl halides is 1. The maximum Gasteiger partial charge on any atom is 0.123 e. The summed E-state index contributed by atoms with van der Waals surface area (Å²) >= 11 is 5.28. The van der Waals surface area contributed by atoms with Crippen molar-refractivity contribution >= 4 is 33.0 Å². The SMILES string of the molecule is Fc1ccc(N2CCc3sccc3C2)c(CBr)c1. The van der Waals surface area contributed by atoms with E-state index in [1.165, 1.54) is 10.4 Å². The highest BCUT2D eigenvalue weighted by Crippen LogP contribution is 2.31. The molecule has 1 nitrogen and oxygen atoms in total. The maximum absolute atomic E-state index is 13.3. The molecule has 0 radical (unpaired) electrons. The first-order valence-corrected chi connectivity index (χ1v) is 7.92. The molecular weight excluding hydrogens is 313 g/mol. The summed E-state index contributed by atoms with van der Waals surface area (Å²) in [6.45, 7) is 1.95. The van der Waals surface area contributed by atoms with Crippen LogP contribution in [0.2, 0.25) is 0 Å². The van der Waals surface area contributed by atoms with Crippen LogP contribution in [0.15, 0.2) is 29.6 Å². The Labute approximate surface area is 118 Å². The van der Waals surface area contributed by atoms with Gasteiger partial charge in [-0.2, -0.15) is 0 Å². The molecule has 0 bridgehead atoms. The van der Waals surface area contributed by atoms with Crippen molar-refractivity contribution in [2.45, 2.75) is 18.3 Å². The van der Waals surface area contributed by atoms with Crippen LogP contribution in [0.5, 0.6) is 0 Å². The van der Waals surface area contributed by atoms with E-state index >= 15 is 0 Å². The Bertz CT molecular complexity index is 567. The third kappa shape index (κ3) is 2.19. The van der Waals surface area contributed by atoms with Crippen LogP contribution >= 0.6 is 27.3 Å². The van der Waals surface area contributed by atoms with E-state index < -0.39 is 0 Å². The molecule has 1 aromatic carbocycles. The molecule has 94 valence electrons. The second kappa shape index (κ2) is 5.02. The van der Waals surface area contributed by atoms with Crippen molar-refractivity contribution in [2.75, 3.05) is 11.4 Å². The Morgan fingerprint density at radius 2 is 2.22 bits per heavy atom. The van der Waals surface area contributed by atoms with Crippen LogP contribution in [-0.4, -0.2) is 6.54 Å². The Balaban J connectivity index is 1.93. The fourth-order valence-corrected chi connectivity index (χ4v) is 3.76. The molecular formula is C14H13BrFNS. The normalized spacial score (nSPS) is 14.7. The lowest BCUT2D eigenvalue weighted by atomic mass is 10.1. The molecule has 0 N–H and O–H groups in total. The highest BCUT2D eigenvalue weighted by atomic mass is 79.9. The topological polar surface area (TPSA) is 3.24 Å². The minimum absolute atomic E-state index is 0.165.